The second-order valence-electron chi connectivity index (χ2n) is 5.52. The van der Waals surface area contributed by atoms with E-state index < -0.39 is 5.97 Å². The van der Waals surface area contributed by atoms with Crippen LogP contribution in [-0.4, -0.2) is 60.9 Å². The van der Waals surface area contributed by atoms with Crippen LogP contribution in [-0.2, 0) is 19.1 Å². The molecular weight excluding hydrogens is 262 g/mol. The number of hydrogen-bond acceptors (Lipinski definition) is 4. The SMILES string of the molecule is O=C(O)C[C@H]1CN(C(=O)CCC2CCOCC2)CCO1. The van der Waals surface area contributed by atoms with E-state index in [1.165, 1.54) is 0 Å². The summed E-state index contributed by atoms with van der Waals surface area (Å²) < 4.78 is 10.7. The highest BCUT2D eigenvalue weighted by Gasteiger charge is 2.26. The number of carbonyl (C=O) groups excluding carboxylic acids is 1. The van der Waals surface area contributed by atoms with E-state index in [-0.39, 0.29) is 18.4 Å². The van der Waals surface area contributed by atoms with Crippen LogP contribution in [0.1, 0.15) is 32.1 Å². The van der Waals surface area contributed by atoms with Crippen LogP contribution in [0.2, 0.25) is 0 Å². The quantitative estimate of drug-likeness (QED) is 0.812. The molecule has 20 heavy (non-hydrogen) atoms. The van der Waals surface area contributed by atoms with Crippen molar-refractivity contribution in [2.45, 2.75) is 38.2 Å². The molecule has 114 valence electrons. The molecule has 2 saturated heterocycles. The Morgan fingerprint density at radius 3 is 2.65 bits per heavy atom. The van der Waals surface area contributed by atoms with E-state index in [1.54, 1.807) is 4.90 Å². The first-order chi connectivity index (χ1) is 9.65. The highest BCUT2D eigenvalue weighted by Crippen LogP contribution is 2.21. The Hall–Kier alpha value is -1.14. The molecule has 0 spiro atoms. The zero-order valence-electron chi connectivity index (χ0n) is 11.8. The van der Waals surface area contributed by atoms with Gasteiger partial charge in [0, 0.05) is 32.7 Å². The molecule has 2 fully saturated rings. The lowest BCUT2D eigenvalue weighted by molar-refractivity contribution is -0.147. The molecule has 1 N–H and O–H groups in total. The molecule has 0 saturated carbocycles. The van der Waals surface area contributed by atoms with E-state index in [9.17, 15) is 9.59 Å². The van der Waals surface area contributed by atoms with Crippen LogP contribution in [0.3, 0.4) is 0 Å². The summed E-state index contributed by atoms with van der Waals surface area (Å²) in [5.74, 6) is -0.176. The number of rotatable bonds is 5. The first-order valence-electron chi connectivity index (χ1n) is 7.34. The fraction of sp³-hybridized carbons (Fsp3) is 0.857. The van der Waals surface area contributed by atoms with Crippen LogP contribution in [0, 0.1) is 5.92 Å². The van der Waals surface area contributed by atoms with Crippen molar-refractivity contribution >= 4 is 11.9 Å². The third-order valence-electron chi connectivity index (χ3n) is 4.00. The molecule has 2 aliphatic rings. The van der Waals surface area contributed by atoms with Gasteiger partial charge < -0.3 is 19.5 Å². The minimum Gasteiger partial charge on any atom is -0.481 e. The molecule has 1 atom stereocenters. The van der Waals surface area contributed by atoms with Gasteiger partial charge in [-0.15, -0.1) is 0 Å². The number of aliphatic carboxylic acids is 1. The van der Waals surface area contributed by atoms with Crippen molar-refractivity contribution in [2.75, 3.05) is 32.9 Å². The topological polar surface area (TPSA) is 76.1 Å². The Morgan fingerprint density at radius 1 is 1.20 bits per heavy atom. The Kier molecular flexibility index (Phi) is 5.79. The van der Waals surface area contributed by atoms with Crippen LogP contribution >= 0.6 is 0 Å². The molecule has 0 radical (unpaired) electrons. The van der Waals surface area contributed by atoms with Crippen molar-refractivity contribution in [3.05, 3.63) is 0 Å². The van der Waals surface area contributed by atoms with Crippen molar-refractivity contribution in [1.82, 2.24) is 4.90 Å². The van der Waals surface area contributed by atoms with E-state index in [4.69, 9.17) is 14.6 Å². The number of carboxylic acid groups (broad SMARTS) is 1. The molecule has 2 aliphatic heterocycles. The van der Waals surface area contributed by atoms with Crippen LogP contribution in [0.4, 0.5) is 0 Å². The first kappa shape index (κ1) is 15.3. The minimum absolute atomic E-state index is 0.0380. The average molecular weight is 285 g/mol. The molecule has 0 aliphatic carbocycles. The lowest BCUT2D eigenvalue weighted by Gasteiger charge is -2.33. The lowest BCUT2D eigenvalue weighted by Crippen LogP contribution is -2.46. The maximum absolute atomic E-state index is 12.2. The largest absolute Gasteiger partial charge is 0.481 e. The zero-order valence-corrected chi connectivity index (χ0v) is 11.8. The number of carbonyl (C=O) groups is 2. The third kappa shape index (κ3) is 4.76. The average Bonchev–Trinajstić information content (AvgIpc) is 2.45. The summed E-state index contributed by atoms with van der Waals surface area (Å²) in [4.78, 5) is 24.6. The Bertz CT molecular complexity index is 340. The molecule has 6 nitrogen and oxygen atoms in total. The molecule has 0 unspecified atom stereocenters. The van der Waals surface area contributed by atoms with Gasteiger partial charge in [-0.1, -0.05) is 0 Å². The van der Waals surface area contributed by atoms with E-state index >= 15 is 0 Å². The normalized spacial score (nSPS) is 24.6. The number of morpholine rings is 1. The van der Waals surface area contributed by atoms with Gasteiger partial charge in [0.05, 0.1) is 19.1 Å². The van der Waals surface area contributed by atoms with Gasteiger partial charge in [0.1, 0.15) is 0 Å². The van der Waals surface area contributed by atoms with E-state index in [2.05, 4.69) is 0 Å². The van der Waals surface area contributed by atoms with Crippen molar-refractivity contribution in [1.29, 1.82) is 0 Å². The van der Waals surface area contributed by atoms with Crippen LogP contribution in [0.15, 0.2) is 0 Å². The van der Waals surface area contributed by atoms with Gasteiger partial charge in [-0.2, -0.15) is 0 Å². The van der Waals surface area contributed by atoms with E-state index in [1.807, 2.05) is 0 Å². The molecule has 0 aromatic rings. The van der Waals surface area contributed by atoms with E-state index in [0.29, 0.717) is 32.0 Å². The maximum atomic E-state index is 12.2. The molecule has 6 heteroatoms. The Morgan fingerprint density at radius 2 is 1.95 bits per heavy atom. The highest BCUT2D eigenvalue weighted by atomic mass is 16.5. The first-order valence-corrected chi connectivity index (χ1v) is 7.34. The summed E-state index contributed by atoms with van der Waals surface area (Å²) in [5.41, 5.74) is 0. The van der Waals surface area contributed by atoms with Crippen molar-refractivity contribution < 1.29 is 24.2 Å². The smallest absolute Gasteiger partial charge is 0.306 e. The predicted octanol–water partition coefficient (Wildman–Crippen LogP) is 0.895. The number of ether oxygens (including phenoxy) is 2. The summed E-state index contributed by atoms with van der Waals surface area (Å²) in [5, 5.41) is 8.77. The molecule has 0 bridgehead atoms. The van der Waals surface area contributed by atoms with Crippen molar-refractivity contribution in [3.8, 4) is 0 Å². The number of amides is 1. The molecule has 0 aromatic heterocycles. The van der Waals surface area contributed by atoms with Gasteiger partial charge in [0.15, 0.2) is 0 Å². The number of carboxylic acids is 1. The molecule has 2 rings (SSSR count). The van der Waals surface area contributed by atoms with Gasteiger partial charge in [0.25, 0.3) is 0 Å². The third-order valence-corrected chi connectivity index (χ3v) is 4.00. The summed E-state index contributed by atoms with van der Waals surface area (Å²) in [6.07, 6.45) is 3.13. The van der Waals surface area contributed by atoms with E-state index in [0.717, 1.165) is 32.5 Å². The number of hydrogen-bond donors (Lipinski definition) is 1. The second kappa shape index (κ2) is 7.59. The molecule has 1 amide bonds. The number of nitrogens with zero attached hydrogens (tertiary/aromatic N) is 1. The van der Waals surface area contributed by atoms with Gasteiger partial charge in [-0.3, -0.25) is 9.59 Å². The molecule has 0 aromatic carbocycles. The Balaban J connectivity index is 1.72. The van der Waals surface area contributed by atoms with Crippen molar-refractivity contribution in [2.24, 2.45) is 5.92 Å². The van der Waals surface area contributed by atoms with Gasteiger partial charge in [-0.25, -0.2) is 0 Å². The summed E-state index contributed by atoms with van der Waals surface area (Å²) in [7, 11) is 0. The minimum atomic E-state index is -0.883. The molecular formula is C14H23NO5. The van der Waals surface area contributed by atoms with Crippen LogP contribution in [0.25, 0.3) is 0 Å². The van der Waals surface area contributed by atoms with Crippen LogP contribution in [0.5, 0.6) is 0 Å². The summed E-state index contributed by atoms with van der Waals surface area (Å²) in [6, 6.07) is 0. The Labute approximate surface area is 119 Å². The van der Waals surface area contributed by atoms with Crippen molar-refractivity contribution in [3.63, 3.8) is 0 Å². The summed E-state index contributed by atoms with van der Waals surface area (Å²) >= 11 is 0. The fourth-order valence-electron chi connectivity index (χ4n) is 2.78. The van der Waals surface area contributed by atoms with Gasteiger partial charge >= 0.3 is 5.97 Å². The zero-order chi connectivity index (χ0) is 14.4. The monoisotopic (exact) mass is 285 g/mol. The summed E-state index contributed by atoms with van der Waals surface area (Å²) in [6.45, 7) is 3.01. The maximum Gasteiger partial charge on any atom is 0.306 e. The second-order valence-corrected chi connectivity index (χ2v) is 5.52. The highest BCUT2D eigenvalue weighted by molar-refractivity contribution is 5.76. The standard InChI is InChI=1S/C14H23NO5/c16-13(2-1-11-3-6-19-7-4-11)15-5-8-20-12(10-15)9-14(17)18/h11-12H,1-10H2,(H,17,18)/t12-/m0/s1. The fourth-order valence-corrected chi connectivity index (χ4v) is 2.78. The lowest BCUT2D eigenvalue weighted by atomic mass is 9.94. The van der Waals surface area contributed by atoms with Crippen LogP contribution < -0.4 is 0 Å². The predicted molar refractivity (Wildman–Crippen MR) is 71.3 cm³/mol. The van der Waals surface area contributed by atoms with Gasteiger partial charge in [-0.05, 0) is 25.2 Å². The van der Waals surface area contributed by atoms with Gasteiger partial charge in [0.2, 0.25) is 5.91 Å². The molecule has 2 heterocycles.